The first-order valence-electron chi connectivity index (χ1n) is 9.30. The normalized spacial score (nSPS) is 10.7. The first-order valence-corrected chi connectivity index (χ1v) is 9.30. The summed E-state index contributed by atoms with van der Waals surface area (Å²) in [5, 5.41) is 12.3. The minimum Gasteiger partial charge on any atom is -1.00 e. The molecule has 0 bridgehead atoms. The second-order valence-electron chi connectivity index (χ2n) is 6.91. The van der Waals surface area contributed by atoms with Crippen LogP contribution in [0.3, 0.4) is 0 Å². The number of hydrogen-bond donors (Lipinski definition) is 0. The minimum atomic E-state index is -0.454. The highest BCUT2D eigenvalue weighted by molar-refractivity contribution is 5.98. The van der Waals surface area contributed by atoms with Crippen LogP contribution in [0, 0.1) is 17.0 Å². The average Bonchev–Trinajstić information content (AvgIpc) is 3.09. The number of rotatable bonds is 5. The zero-order valence-corrected chi connectivity index (χ0v) is 17.8. The lowest BCUT2D eigenvalue weighted by Crippen LogP contribution is -3.00. The standard InChI is InChI=1S/C23H21N2O3.BrH/c1-3-18-15-24(12-11-16(18)2)14-17-9-10-21-20(13-17)22(23(28-21)25(26)27)19-7-5-4-6-8-19;/h4-13,15H,3,14H2,1-2H3;1H/q+1;/p-1. The zero-order valence-electron chi connectivity index (χ0n) is 16.3. The van der Waals surface area contributed by atoms with E-state index >= 15 is 0 Å². The van der Waals surface area contributed by atoms with E-state index in [1.807, 2.05) is 48.5 Å². The summed E-state index contributed by atoms with van der Waals surface area (Å²) in [5.74, 6) is -0.213. The molecule has 0 aliphatic rings. The Kier molecular flexibility index (Phi) is 6.13. The lowest BCUT2D eigenvalue weighted by Gasteiger charge is -2.03. The van der Waals surface area contributed by atoms with Crippen LogP contribution in [-0.4, -0.2) is 4.92 Å². The van der Waals surface area contributed by atoms with Crippen LogP contribution in [0.1, 0.15) is 23.6 Å². The molecule has 0 radical (unpaired) electrons. The Morgan fingerprint density at radius 3 is 2.55 bits per heavy atom. The number of aryl methyl sites for hydroxylation is 2. The molecule has 0 atom stereocenters. The molecule has 0 N–H and O–H groups in total. The van der Waals surface area contributed by atoms with Gasteiger partial charge in [0.15, 0.2) is 18.9 Å². The van der Waals surface area contributed by atoms with Crippen molar-refractivity contribution in [2.24, 2.45) is 0 Å². The number of pyridine rings is 1. The second-order valence-corrected chi connectivity index (χ2v) is 6.91. The quantitative estimate of drug-likeness (QED) is 0.265. The van der Waals surface area contributed by atoms with Crippen LogP contribution in [0.4, 0.5) is 5.88 Å². The summed E-state index contributed by atoms with van der Waals surface area (Å²) >= 11 is 0. The molecule has 0 amide bonds. The van der Waals surface area contributed by atoms with E-state index in [2.05, 4.69) is 36.9 Å². The molecular weight excluding hydrogens is 432 g/mol. The predicted octanol–water partition coefficient (Wildman–Crippen LogP) is 2.22. The number of halogens is 1. The lowest BCUT2D eigenvalue weighted by atomic mass is 10.0. The van der Waals surface area contributed by atoms with E-state index < -0.39 is 4.92 Å². The molecule has 4 aromatic rings. The highest BCUT2D eigenvalue weighted by atomic mass is 79.9. The maximum absolute atomic E-state index is 11.6. The molecule has 2 heterocycles. The Labute approximate surface area is 179 Å². The van der Waals surface area contributed by atoms with Crippen molar-refractivity contribution in [3.05, 3.63) is 93.8 Å². The van der Waals surface area contributed by atoms with E-state index in [9.17, 15) is 10.1 Å². The van der Waals surface area contributed by atoms with Gasteiger partial charge in [-0.1, -0.05) is 37.3 Å². The maximum atomic E-state index is 11.6. The first kappa shape index (κ1) is 20.7. The summed E-state index contributed by atoms with van der Waals surface area (Å²) in [6, 6.07) is 17.3. The number of benzene rings is 2. The van der Waals surface area contributed by atoms with Gasteiger partial charge in [-0.25, -0.2) is 4.57 Å². The van der Waals surface area contributed by atoms with Gasteiger partial charge < -0.3 is 21.4 Å². The van der Waals surface area contributed by atoms with E-state index in [-0.39, 0.29) is 22.9 Å². The van der Waals surface area contributed by atoms with Crippen LogP contribution < -0.4 is 21.5 Å². The third-order valence-corrected chi connectivity index (χ3v) is 5.05. The Bertz CT molecular complexity index is 1170. The van der Waals surface area contributed by atoms with Gasteiger partial charge in [0.2, 0.25) is 0 Å². The van der Waals surface area contributed by atoms with Crippen molar-refractivity contribution >= 4 is 16.9 Å². The van der Waals surface area contributed by atoms with Crippen molar-refractivity contribution in [2.45, 2.75) is 26.8 Å². The van der Waals surface area contributed by atoms with Gasteiger partial charge >= 0.3 is 5.88 Å². The second kappa shape index (κ2) is 8.57. The highest BCUT2D eigenvalue weighted by Crippen LogP contribution is 2.39. The van der Waals surface area contributed by atoms with Gasteiger partial charge in [0.25, 0.3) is 0 Å². The monoisotopic (exact) mass is 452 g/mol. The Morgan fingerprint density at radius 1 is 1.10 bits per heavy atom. The van der Waals surface area contributed by atoms with E-state index in [4.69, 9.17) is 4.42 Å². The zero-order chi connectivity index (χ0) is 19.7. The van der Waals surface area contributed by atoms with Gasteiger partial charge in [-0.05, 0) is 42.7 Å². The van der Waals surface area contributed by atoms with Crippen LogP contribution >= 0.6 is 0 Å². The molecule has 0 fully saturated rings. The fraction of sp³-hybridized carbons (Fsp3) is 0.174. The summed E-state index contributed by atoms with van der Waals surface area (Å²) in [6.45, 7) is 4.96. The van der Waals surface area contributed by atoms with Gasteiger partial charge in [0.1, 0.15) is 16.1 Å². The van der Waals surface area contributed by atoms with Gasteiger partial charge in [-0.15, -0.1) is 0 Å². The van der Waals surface area contributed by atoms with Crippen LogP contribution in [0.5, 0.6) is 0 Å². The predicted molar refractivity (Wildman–Crippen MR) is 108 cm³/mol. The van der Waals surface area contributed by atoms with E-state index in [1.165, 1.54) is 11.1 Å². The smallest absolute Gasteiger partial charge is 0.442 e. The number of fused-ring (bicyclic) bond motifs is 1. The maximum Gasteiger partial charge on any atom is 0.442 e. The molecule has 0 saturated carbocycles. The van der Waals surface area contributed by atoms with Crippen LogP contribution in [0.25, 0.3) is 22.1 Å². The minimum absolute atomic E-state index is 0. The molecule has 148 valence electrons. The van der Waals surface area contributed by atoms with Crippen molar-refractivity contribution < 1.29 is 30.9 Å². The Balaban J connectivity index is 0.00000240. The molecule has 0 aliphatic heterocycles. The van der Waals surface area contributed by atoms with Crippen LogP contribution in [-0.2, 0) is 13.0 Å². The number of nitrogens with zero attached hydrogens (tertiary/aromatic N) is 2. The largest absolute Gasteiger partial charge is 1.00 e. The lowest BCUT2D eigenvalue weighted by molar-refractivity contribution is -0.688. The highest BCUT2D eigenvalue weighted by Gasteiger charge is 2.25. The Morgan fingerprint density at radius 2 is 1.86 bits per heavy atom. The average molecular weight is 453 g/mol. The van der Waals surface area contributed by atoms with E-state index in [1.54, 1.807) is 0 Å². The van der Waals surface area contributed by atoms with E-state index in [0.717, 1.165) is 22.9 Å². The summed E-state index contributed by atoms with van der Waals surface area (Å²) in [5.41, 5.74) is 5.50. The fourth-order valence-electron chi connectivity index (χ4n) is 3.58. The van der Waals surface area contributed by atoms with Gasteiger partial charge in [0.05, 0.1) is 0 Å². The molecule has 2 aromatic carbocycles. The molecule has 5 nitrogen and oxygen atoms in total. The van der Waals surface area contributed by atoms with Crippen molar-refractivity contribution in [1.29, 1.82) is 0 Å². The number of nitro groups is 1. The van der Waals surface area contributed by atoms with E-state index in [0.29, 0.717) is 17.7 Å². The van der Waals surface area contributed by atoms with Crippen molar-refractivity contribution in [3.8, 4) is 11.1 Å². The summed E-state index contributed by atoms with van der Waals surface area (Å²) in [4.78, 5) is 11.1. The molecule has 29 heavy (non-hydrogen) atoms. The number of furan rings is 1. The van der Waals surface area contributed by atoms with Crippen LogP contribution in [0.2, 0.25) is 0 Å². The topological polar surface area (TPSA) is 60.2 Å². The summed E-state index contributed by atoms with van der Waals surface area (Å²) in [6.07, 6.45) is 5.21. The molecule has 6 heteroatoms. The Hall–Kier alpha value is -2.99. The fourth-order valence-corrected chi connectivity index (χ4v) is 3.58. The van der Waals surface area contributed by atoms with Crippen LogP contribution in [0.15, 0.2) is 71.4 Å². The first-order chi connectivity index (χ1) is 13.6. The molecule has 2 aromatic heterocycles. The third kappa shape index (κ3) is 4.07. The number of aromatic nitrogens is 1. The number of hydrogen-bond acceptors (Lipinski definition) is 3. The van der Waals surface area contributed by atoms with Gasteiger partial charge in [0, 0.05) is 22.6 Å². The SMILES string of the molecule is CCc1c[n+](Cc2ccc3oc([N+](=O)[O-])c(-c4ccccc4)c3c2)ccc1C.[Br-]. The molecule has 0 unspecified atom stereocenters. The van der Waals surface area contributed by atoms with Crippen molar-refractivity contribution in [2.75, 3.05) is 0 Å². The third-order valence-electron chi connectivity index (χ3n) is 5.05. The summed E-state index contributed by atoms with van der Waals surface area (Å²) < 4.78 is 7.71. The summed E-state index contributed by atoms with van der Waals surface area (Å²) in [7, 11) is 0. The molecule has 4 rings (SSSR count). The molecule has 0 aliphatic carbocycles. The molecule has 0 saturated heterocycles. The molecular formula is C23H21BrN2O3. The molecule has 0 spiro atoms. The van der Waals surface area contributed by atoms with Gasteiger partial charge in [-0.2, -0.15) is 0 Å². The van der Waals surface area contributed by atoms with Gasteiger partial charge in [-0.3, -0.25) is 10.1 Å². The van der Waals surface area contributed by atoms with Crippen molar-refractivity contribution in [3.63, 3.8) is 0 Å². The van der Waals surface area contributed by atoms with Crippen molar-refractivity contribution in [1.82, 2.24) is 0 Å².